The lowest BCUT2D eigenvalue weighted by atomic mass is 10.2. The molecule has 1 aliphatic heterocycles. The molecule has 0 aliphatic carbocycles. The molecule has 0 atom stereocenters. The third-order valence-electron chi connectivity index (χ3n) is 3.97. The van der Waals surface area contributed by atoms with Gasteiger partial charge in [-0.2, -0.15) is 15.0 Å². The predicted molar refractivity (Wildman–Crippen MR) is 91.6 cm³/mol. The van der Waals surface area contributed by atoms with Crippen LogP contribution < -0.4 is 10.2 Å². The Kier molecular flexibility index (Phi) is 6.36. The van der Waals surface area contributed by atoms with E-state index >= 15 is 0 Å². The summed E-state index contributed by atoms with van der Waals surface area (Å²) in [6, 6.07) is 0. The first-order chi connectivity index (χ1) is 10.6. The first kappa shape index (κ1) is 16.9. The fourth-order valence-corrected chi connectivity index (χ4v) is 2.60. The number of aromatic nitrogens is 3. The highest BCUT2D eigenvalue weighted by molar-refractivity contribution is 5.36. The van der Waals surface area contributed by atoms with Gasteiger partial charge in [0.05, 0.1) is 0 Å². The lowest BCUT2D eigenvalue weighted by Crippen LogP contribution is -2.30. The van der Waals surface area contributed by atoms with Gasteiger partial charge < -0.3 is 15.1 Å². The molecule has 0 saturated carbocycles. The minimum absolute atomic E-state index is 0.299. The Morgan fingerprint density at radius 3 is 2.32 bits per heavy atom. The van der Waals surface area contributed by atoms with Crippen LogP contribution in [0.3, 0.4) is 0 Å². The summed E-state index contributed by atoms with van der Waals surface area (Å²) in [5.41, 5.74) is 0. The highest BCUT2D eigenvalue weighted by Gasteiger charge is 2.12. The minimum Gasteiger partial charge on any atom is -0.353 e. The molecule has 0 spiro atoms. The van der Waals surface area contributed by atoms with Crippen LogP contribution in [0.5, 0.6) is 0 Å². The van der Waals surface area contributed by atoms with Crippen LogP contribution in [0.1, 0.15) is 51.3 Å². The molecule has 1 aliphatic rings. The van der Waals surface area contributed by atoms with E-state index in [1.165, 1.54) is 38.8 Å². The zero-order chi connectivity index (χ0) is 15.9. The van der Waals surface area contributed by atoms with Crippen molar-refractivity contribution in [1.82, 2.24) is 19.9 Å². The number of hydrogen-bond acceptors (Lipinski definition) is 6. The van der Waals surface area contributed by atoms with Crippen LogP contribution in [0.4, 0.5) is 11.9 Å². The number of nitrogens with one attached hydrogen (secondary N) is 1. The van der Waals surface area contributed by atoms with Gasteiger partial charge in [-0.15, -0.1) is 0 Å². The molecule has 22 heavy (non-hydrogen) atoms. The fraction of sp³-hybridized carbons (Fsp3) is 0.812. The number of likely N-dealkylation sites (tertiary alicyclic amines) is 1. The van der Waals surface area contributed by atoms with Gasteiger partial charge in [0.1, 0.15) is 5.82 Å². The minimum atomic E-state index is 0.299. The van der Waals surface area contributed by atoms with E-state index in [1.807, 2.05) is 19.0 Å². The molecule has 0 aromatic carbocycles. The lowest BCUT2D eigenvalue weighted by Gasteiger charge is -2.20. The van der Waals surface area contributed by atoms with Crippen molar-refractivity contribution in [2.75, 3.05) is 50.5 Å². The maximum atomic E-state index is 4.54. The molecular weight excluding hydrogens is 276 g/mol. The van der Waals surface area contributed by atoms with Crippen molar-refractivity contribution in [2.24, 2.45) is 0 Å². The Morgan fingerprint density at radius 1 is 1.05 bits per heavy atom. The fourth-order valence-electron chi connectivity index (χ4n) is 2.60. The Bertz CT molecular complexity index is 426. The van der Waals surface area contributed by atoms with Gasteiger partial charge >= 0.3 is 0 Å². The van der Waals surface area contributed by atoms with Gasteiger partial charge in [0.25, 0.3) is 0 Å². The van der Waals surface area contributed by atoms with Gasteiger partial charge in [-0.25, -0.2) is 0 Å². The van der Waals surface area contributed by atoms with Crippen molar-refractivity contribution in [3.05, 3.63) is 5.82 Å². The van der Waals surface area contributed by atoms with E-state index in [1.54, 1.807) is 0 Å². The molecule has 1 aromatic rings. The molecule has 124 valence electrons. The third kappa shape index (κ3) is 5.09. The van der Waals surface area contributed by atoms with Crippen molar-refractivity contribution in [1.29, 1.82) is 0 Å². The summed E-state index contributed by atoms with van der Waals surface area (Å²) in [6.07, 6.45) is 5.41. The Balaban J connectivity index is 1.93. The summed E-state index contributed by atoms with van der Waals surface area (Å²) >= 11 is 0. The van der Waals surface area contributed by atoms with Crippen molar-refractivity contribution in [2.45, 2.75) is 45.4 Å². The van der Waals surface area contributed by atoms with Gasteiger partial charge in [0, 0.05) is 33.1 Å². The molecule has 2 rings (SSSR count). The number of nitrogens with zero attached hydrogens (tertiary/aromatic N) is 5. The topological polar surface area (TPSA) is 57.2 Å². The number of hydrogen-bond donors (Lipinski definition) is 1. The molecule has 6 heteroatoms. The molecule has 1 aromatic heterocycles. The zero-order valence-corrected chi connectivity index (χ0v) is 14.5. The quantitative estimate of drug-likeness (QED) is 0.870. The van der Waals surface area contributed by atoms with Gasteiger partial charge in [-0.3, -0.25) is 0 Å². The van der Waals surface area contributed by atoms with Crippen LogP contribution in [-0.2, 0) is 0 Å². The van der Waals surface area contributed by atoms with Crippen molar-refractivity contribution in [3.63, 3.8) is 0 Å². The molecule has 0 bridgehead atoms. The average Bonchev–Trinajstić information content (AvgIpc) is 2.75. The second-order valence-corrected chi connectivity index (χ2v) is 6.55. The molecule has 1 fully saturated rings. The summed E-state index contributed by atoms with van der Waals surface area (Å²) in [5, 5.41) is 3.37. The van der Waals surface area contributed by atoms with Crippen molar-refractivity contribution in [3.8, 4) is 0 Å². The summed E-state index contributed by atoms with van der Waals surface area (Å²) in [4.78, 5) is 18.0. The second-order valence-electron chi connectivity index (χ2n) is 6.55. The van der Waals surface area contributed by atoms with Gasteiger partial charge in [-0.05, 0) is 25.9 Å². The molecule has 1 saturated heterocycles. The SMILES string of the molecule is CC(C)c1nc(NCCN2CCCCCC2)nc(N(C)C)n1. The van der Waals surface area contributed by atoms with E-state index in [4.69, 9.17) is 0 Å². The van der Waals surface area contributed by atoms with E-state index in [9.17, 15) is 0 Å². The van der Waals surface area contributed by atoms with Crippen LogP contribution in [0.15, 0.2) is 0 Å². The highest BCUT2D eigenvalue weighted by Crippen LogP contribution is 2.15. The standard InChI is InChI=1S/C16H30N6/c1-13(2)14-18-15(20-16(19-14)21(3)4)17-9-12-22-10-7-5-6-8-11-22/h13H,5-12H2,1-4H3,(H,17,18,19,20). The third-order valence-corrected chi connectivity index (χ3v) is 3.97. The average molecular weight is 306 g/mol. The molecule has 0 unspecified atom stereocenters. The van der Waals surface area contributed by atoms with E-state index < -0.39 is 0 Å². The molecular formula is C16H30N6. The molecule has 2 heterocycles. The summed E-state index contributed by atoms with van der Waals surface area (Å²) in [7, 11) is 3.92. The lowest BCUT2D eigenvalue weighted by molar-refractivity contribution is 0.296. The monoisotopic (exact) mass is 306 g/mol. The van der Waals surface area contributed by atoms with Crippen molar-refractivity contribution >= 4 is 11.9 Å². The first-order valence-corrected chi connectivity index (χ1v) is 8.46. The Hall–Kier alpha value is -1.43. The van der Waals surface area contributed by atoms with Gasteiger partial charge in [0.2, 0.25) is 11.9 Å². The van der Waals surface area contributed by atoms with Crippen LogP contribution >= 0.6 is 0 Å². The maximum absolute atomic E-state index is 4.54. The van der Waals surface area contributed by atoms with Crippen LogP contribution in [0, 0.1) is 0 Å². The van der Waals surface area contributed by atoms with E-state index in [0.717, 1.165) is 24.9 Å². The van der Waals surface area contributed by atoms with E-state index in [2.05, 4.69) is 39.0 Å². The zero-order valence-electron chi connectivity index (χ0n) is 14.5. The molecule has 1 N–H and O–H groups in total. The van der Waals surface area contributed by atoms with Crippen LogP contribution in [0.25, 0.3) is 0 Å². The van der Waals surface area contributed by atoms with Gasteiger partial charge in [0.15, 0.2) is 0 Å². The second kappa shape index (κ2) is 8.27. The highest BCUT2D eigenvalue weighted by atomic mass is 15.3. The van der Waals surface area contributed by atoms with Gasteiger partial charge in [-0.1, -0.05) is 26.7 Å². The van der Waals surface area contributed by atoms with Crippen LogP contribution in [0.2, 0.25) is 0 Å². The maximum Gasteiger partial charge on any atom is 0.229 e. The Morgan fingerprint density at radius 2 is 1.73 bits per heavy atom. The largest absolute Gasteiger partial charge is 0.353 e. The smallest absolute Gasteiger partial charge is 0.229 e. The van der Waals surface area contributed by atoms with E-state index in [0.29, 0.717) is 11.9 Å². The normalized spacial score (nSPS) is 16.6. The molecule has 6 nitrogen and oxygen atoms in total. The summed E-state index contributed by atoms with van der Waals surface area (Å²) < 4.78 is 0. The van der Waals surface area contributed by atoms with Crippen LogP contribution in [-0.4, -0.2) is 60.1 Å². The Labute approximate surface area is 134 Å². The number of rotatable bonds is 6. The van der Waals surface area contributed by atoms with Crippen molar-refractivity contribution < 1.29 is 0 Å². The molecule has 0 radical (unpaired) electrons. The summed E-state index contributed by atoms with van der Waals surface area (Å²) in [6.45, 7) is 8.60. The first-order valence-electron chi connectivity index (χ1n) is 8.46. The predicted octanol–water partition coefficient (Wildman–Crippen LogP) is 2.35. The number of anilines is 2. The molecule has 0 amide bonds. The van der Waals surface area contributed by atoms with E-state index in [-0.39, 0.29) is 0 Å². The summed E-state index contributed by atoms with van der Waals surface area (Å²) in [5.74, 6) is 2.55.